The second kappa shape index (κ2) is 5.97. The molecule has 0 aliphatic carbocycles. The maximum absolute atomic E-state index is 8.60. The van der Waals surface area contributed by atoms with E-state index >= 15 is 0 Å². The van der Waals surface area contributed by atoms with Gasteiger partial charge in [-0.05, 0) is 24.7 Å². The summed E-state index contributed by atoms with van der Waals surface area (Å²) in [5, 5.41) is 14.8. The summed E-state index contributed by atoms with van der Waals surface area (Å²) in [4.78, 5) is 0. The molecular weight excluding hydrogens is 206 g/mol. The van der Waals surface area contributed by atoms with Crippen LogP contribution >= 0.6 is 0 Å². The first-order chi connectivity index (χ1) is 7.72. The van der Waals surface area contributed by atoms with Crippen LogP contribution in [0.25, 0.3) is 0 Å². The van der Waals surface area contributed by atoms with Gasteiger partial charge in [-0.15, -0.1) is 0 Å². The van der Waals surface area contributed by atoms with E-state index in [-0.39, 0.29) is 5.84 Å². The predicted molar refractivity (Wildman–Crippen MR) is 62.9 cm³/mol. The molecule has 4 N–H and O–H groups in total. The Hall–Kier alpha value is -1.75. The molecular formula is C11H17N3O2. The van der Waals surface area contributed by atoms with Gasteiger partial charge in [-0.25, -0.2) is 0 Å². The number of nitrogens with one attached hydrogen (secondary N) is 1. The Balaban J connectivity index is 3.01. The van der Waals surface area contributed by atoms with Gasteiger partial charge in [-0.2, -0.15) is 0 Å². The Morgan fingerprint density at radius 2 is 2.31 bits per heavy atom. The molecule has 0 saturated heterocycles. The van der Waals surface area contributed by atoms with Crippen molar-refractivity contribution in [3.63, 3.8) is 0 Å². The number of benzene rings is 1. The first-order valence-electron chi connectivity index (χ1n) is 5.08. The largest absolute Gasteiger partial charge is 0.496 e. The van der Waals surface area contributed by atoms with Crippen LogP contribution in [0.1, 0.15) is 18.1 Å². The summed E-state index contributed by atoms with van der Waals surface area (Å²) in [7, 11) is 1.62. The highest BCUT2D eigenvalue weighted by molar-refractivity contribution is 5.97. The third-order valence-corrected chi connectivity index (χ3v) is 2.25. The quantitative estimate of drug-likeness (QED) is 0.300. The summed E-state index contributed by atoms with van der Waals surface area (Å²) in [6.45, 7) is 3.59. The number of methoxy groups -OCH3 is 1. The van der Waals surface area contributed by atoms with Gasteiger partial charge in [0.1, 0.15) is 5.75 Å². The van der Waals surface area contributed by atoms with Gasteiger partial charge in [0.15, 0.2) is 5.84 Å². The van der Waals surface area contributed by atoms with Crippen LogP contribution in [0.4, 0.5) is 0 Å². The second-order valence-electron chi connectivity index (χ2n) is 3.29. The third kappa shape index (κ3) is 2.87. The number of rotatable bonds is 5. The fraction of sp³-hybridized carbons (Fsp3) is 0.364. The zero-order chi connectivity index (χ0) is 12.0. The molecule has 5 heteroatoms. The van der Waals surface area contributed by atoms with E-state index in [2.05, 4.69) is 10.5 Å². The van der Waals surface area contributed by atoms with Crippen molar-refractivity contribution in [1.82, 2.24) is 5.32 Å². The van der Waals surface area contributed by atoms with Crippen LogP contribution in [0.2, 0.25) is 0 Å². The highest BCUT2D eigenvalue weighted by Crippen LogP contribution is 2.19. The van der Waals surface area contributed by atoms with Crippen molar-refractivity contribution in [2.45, 2.75) is 13.5 Å². The van der Waals surface area contributed by atoms with Gasteiger partial charge in [-0.3, -0.25) is 0 Å². The molecule has 0 amide bonds. The van der Waals surface area contributed by atoms with Gasteiger partial charge in [0.25, 0.3) is 0 Å². The van der Waals surface area contributed by atoms with E-state index in [0.29, 0.717) is 12.1 Å². The average molecular weight is 223 g/mol. The molecule has 1 aromatic carbocycles. The van der Waals surface area contributed by atoms with Crippen molar-refractivity contribution in [2.75, 3.05) is 13.7 Å². The molecule has 0 heterocycles. The van der Waals surface area contributed by atoms with E-state index in [9.17, 15) is 0 Å². The fourth-order valence-corrected chi connectivity index (χ4v) is 1.39. The Morgan fingerprint density at radius 3 is 2.88 bits per heavy atom. The zero-order valence-electron chi connectivity index (χ0n) is 9.53. The molecule has 5 nitrogen and oxygen atoms in total. The maximum Gasteiger partial charge on any atom is 0.170 e. The lowest BCUT2D eigenvalue weighted by molar-refractivity contribution is 0.318. The molecule has 0 aromatic heterocycles. The van der Waals surface area contributed by atoms with Crippen LogP contribution < -0.4 is 15.8 Å². The Kier molecular flexibility index (Phi) is 4.60. The topological polar surface area (TPSA) is 79.9 Å². The molecule has 0 fully saturated rings. The number of hydrogen-bond donors (Lipinski definition) is 3. The average Bonchev–Trinajstić information content (AvgIpc) is 2.34. The summed E-state index contributed by atoms with van der Waals surface area (Å²) in [6.07, 6.45) is 0. The maximum atomic E-state index is 8.60. The lowest BCUT2D eigenvalue weighted by Gasteiger charge is -2.10. The Bertz CT molecular complexity index is 377. The normalized spacial score (nSPS) is 11.5. The van der Waals surface area contributed by atoms with Gasteiger partial charge in [0.2, 0.25) is 0 Å². The highest BCUT2D eigenvalue weighted by Gasteiger charge is 2.06. The molecule has 0 spiro atoms. The second-order valence-corrected chi connectivity index (χ2v) is 3.29. The van der Waals surface area contributed by atoms with E-state index in [1.807, 2.05) is 13.0 Å². The van der Waals surface area contributed by atoms with Crippen molar-refractivity contribution in [2.24, 2.45) is 10.9 Å². The lowest BCUT2D eigenvalue weighted by atomic mass is 10.1. The smallest absolute Gasteiger partial charge is 0.170 e. The first-order valence-corrected chi connectivity index (χ1v) is 5.08. The van der Waals surface area contributed by atoms with Crippen molar-refractivity contribution >= 4 is 5.84 Å². The van der Waals surface area contributed by atoms with Crippen LogP contribution in [0.5, 0.6) is 5.75 Å². The molecule has 0 aliphatic rings. The summed E-state index contributed by atoms with van der Waals surface area (Å²) in [5.41, 5.74) is 7.18. The van der Waals surface area contributed by atoms with Gasteiger partial charge in [-0.1, -0.05) is 12.1 Å². The highest BCUT2D eigenvalue weighted by atomic mass is 16.5. The molecule has 0 atom stereocenters. The lowest BCUT2D eigenvalue weighted by Crippen LogP contribution is -2.16. The monoisotopic (exact) mass is 223 g/mol. The number of amidine groups is 1. The number of oxime groups is 1. The molecule has 0 saturated carbocycles. The fourth-order valence-electron chi connectivity index (χ4n) is 1.39. The van der Waals surface area contributed by atoms with Gasteiger partial charge in [0.05, 0.1) is 7.11 Å². The number of nitrogens with zero attached hydrogens (tertiary/aromatic N) is 1. The van der Waals surface area contributed by atoms with E-state index in [4.69, 9.17) is 15.7 Å². The Morgan fingerprint density at radius 1 is 1.56 bits per heavy atom. The Labute approximate surface area is 94.9 Å². The minimum absolute atomic E-state index is 0.0976. The van der Waals surface area contributed by atoms with Gasteiger partial charge >= 0.3 is 0 Å². The summed E-state index contributed by atoms with van der Waals surface area (Å²) >= 11 is 0. The number of ether oxygens (including phenoxy) is 1. The number of nitrogens with two attached hydrogens (primary N) is 1. The first kappa shape index (κ1) is 12.3. The van der Waals surface area contributed by atoms with E-state index in [1.54, 1.807) is 19.2 Å². The van der Waals surface area contributed by atoms with Crippen molar-refractivity contribution < 1.29 is 9.94 Å². The zero-order valence-corrected chi connectivity index (χ0v) is 9.53. The number of hydrogen-bond acceptors (Lipinski definition) is 4. The van der Waals surface area contributed by atoms with E-state index in [1.165, 1.54) is 0 Å². The van der Waals surface area contributed by atoms with Gasteiger partial charge in [0, 0.05) is 17.7 Å². The van der Waals surface area contributed by atoms with E-state index in [0.717, 1.165) is 17.9 Å². The van der Waals surface area contributed by atoms with E-state index < -0.39 is 0 Å². The standard InChI is InChI=1S/C11H17N3O2/c1-3-13-7-9-6-8(11(12)14-15)4-5-10(9)16-2/h4-6,13,15H,3,7H2,1-2H3,(H2,12,14). The molecule has 0 unspecified atom stereocenters. The molecule has 0 radical (unpaired) electrons. The third-order valence-electron chi connectivity index (χ3n) is 2.25. The minimum Gasteiger partial charge on any atom is -0.496 e. The minimum atomic E-state index is 0.0976. The van der Waals surface area contributed by atoms with Crippen LogP contribution in [0.3, 0.4) is 0 Å². The van der Waals surface area contributed by atoms with Crippen LogP contribution in [0.15, 0.2) is 23.4 Å². The molecule has 1 aromatic rings. The molecule has 1 rings (SSSR count). The van der Waals surface area contributed by atoms with Gasteiger partial charge < -0.3 is 21.0 Å². The predicted octanol–water partition coefficient (Wildman–Crippen LogP) is 0.899. The van der Waals surface area contributed by atoms with Crippen molar-refractivity contribution in [1.29, 1.82) is 0 Å². The molecule has 0 aliphatic heterocycles. The molecule has 88 valence electrons. The summed E-state index contributed by atoms with van der Waals surface area (Å²) < 4.78 is 5.23. The SMILES string of the molecule is CCNCc1cc(/C(N)=N/O)ccc1OC. The van der Waals surface area contributed by atoms with Crippen LogP contribution in [-0.2, 0) is 6.54 Å². The van der Waals surface area contributed by atoms with Crippen LogP contribution in [0, 0.1) is 0 Å². The summed E-state index contributed by atoms with van der Waals surface area (Å²) in [5.74, 6) is 0.885. The van der Waals surface area contributed by atoms with Crippen molar-refractivity contribution in [3.05, 3.63) is 29.3 Å². The molecule has 0 bridgehead atoms. The molecule has 16 heavy (non-hydrogen) atoms. The van der Waals surface area contributed by atoms with Crippen molar-refractivity contribution in [3.8, 4) is 5.75 Å². The summed E-state index contributed by atoms with van der Waals surface area (Å²) in [6, 6.07) is 5.40. The van der Waals surface area contributed by atoms with Crippen LogP contribution in [-0.4, -0.2) is 24.7 Å².